The second kappa shape index (κ2) is 7.96. The van der Waals surface area contributed by atoms with Crippen LogP contribution in [-0.4, -0.2) is 32.1 Å². The number of ether oxygens (including phenoxy) is 1. The number of hydrogen-bond acceptors (Lipinski definition) is 2. The molecule has 2 aromatic rings. The molecule has 0 saturated heterocycles. The molecular weight excluding hydrogens is 258 g/mol. The van der Waals surface area contributed by atoms with Crippen molar-refractivity contribution in [2.45, 2.75) is 19.4 Å². The predicted molar refractivity (Wildman–Crippen MR) is 88.6 cm³/mol. The van der Waals surface area contributed by atoms with Crippen molar-refractivity contribution in [2.24, 2.45) is 0 Å². The first-order chi connectivity index (χ1) is 10.2. The van der Waals surface area contributed by atoms with E-state index in [1.807, 2.05) is 6.07 Å². The van der Waals surface area contributed by atoms with Crippen LogP contribution < -0.4 is 0 Å². The van der Waals surface area contributed by atoms with Gasteiger partial charge >= 0.3 is 0 Å². The second-order valence-corrected chi connectivity index (χ2v) is 5.56. The van der Waals surface area contributed by atoms with Gasteiger partial charge in [0.15, 0.2) is 0 Å². The summed E-state index contributed by atoms with van der Waals surface area (Å²) in [6.07, 6.45) is 1.08. The Bertz CT molecular complexity index is 519. The number of benzene rings is 2. The standard InChI is InChI=1S/C19H25NO/c1-4-16-10-12-18(13-11-16)19(21-15-14-20(2)3)17-8-6-5-7-9-17/h5-13,19H,4,14-15H2,1-3H3. The molecule has 2 rings (SSSR count). The zero-order valence-electron chi connectivity index (χ0n) is 13.3. The van der Waals surface area contributed by atoms with E-state index in [-0.39, 0.29) is 6.10 Å². The molecule has 0 spiro atoms. The summed E-state index contributed by atoms with van der Waals surface area (Å²) in [5, 5.41) is 0. The van der Waals surface area contributed by atoms with Crippen molar-refractivity contribution in [3.63, 3.8) is 0 Å². The summed E-state index contributed by atoms with van der Waals surface area (Å²) in [5.74, 6) is 0. The maximum Gasteiger partial charge on any atom is 0.108 e. The highest BCUT2D eigenvalue weighted by Gasteiger charge is 2.14. The lowest BCUT2D eigenvalue weighted by atomic mass is 9.99. The van der Waals surface area contributed by atoms with Crippen molar-refractivity contribution in [1.82, 2.24) is 4.90 Å². The van der Waals surface area contributed by atoms with E-state index in [9.17, 15) is 0 Å². The van der Waals surface area contributed by atoms with E-state index in [0.717, 1.165) is 19.6 Å². The molecule has 2 nitrogen and oxygen atoms in total. The van der Waals surface area contributed by atoms with Gasteiger partial charge in [-0.2, -0.15) is 0 Å². The third-order valence-corrected chi connectivity index (χ3v) is 3.62. The van der Waals surface area contributed by atoms with Crippen LogP contribution >= 0.6 is 0 Å². The maximum atomic E-state index is 6.16. The van der Waals surface area contributed by atoms with Crippen LogP contribution in [0.2, 0.25) is 0 Å². The number of rotatable bonds is 7. The average molecular weight is 283 g/mol. The molecule has 2 aromatic carbocycles. The smallest absolute Gasteiger partial charge is 0.108 e. The first-order valence-electron chi connectivity index (χ1n) is 7.61. The SMILES string of the molecule is CCc1ccc(C(OCCN(C)C)c2ccccc2)cc1. The molecule has 1 unspecified atom stereocenters. The quantitative estimate of drug-likeness (QED) is 0.763. The third-order valence-electron chi connectivity index (χ3n) is 3.62. The van der Waals surface area contributed by atoms with Crippen LogP contribution in [0.5, 0.6) is 0 Å². The predicted octanol–water partition coefficient (Wildman–Crippen LogP) is 3.92. The van der Waals surface area contributed by atoms with Crippen LogP contribution in [0, 0.1) is 0 Å². The molecule has 0 fully saturated rings. The van der Waals surface area contributed by atoms with E-state index in [1.54, 1.807) is 0 Å². The molecule has 0 bridgehead atoms. The molecular formula is C19H25NO. The van der Waals surface area contributed by atoms with E-state index in [0.29, 0.717) is 0 Å². The minimum atomic E-state index is 0.0112. The lowest BCUT2D eigenvalue weighted by Gasteiger charge is -2.20. The van der Waals surface area contributed by atoms with Crippen LogP contribution in [0.25, 0.3) is 0 Å². The van der Waals surface area contributed by atoms with Crippen molar-refractivity contribution < 1.29 is 4.74 Å². The van der Waals surface area contributed by atoms with Gasteiger partial charge in [0.1, 0.15) is 6.10 Å². The van der Waals surface area contributed by atoms with Gasteiger partial charge in [-0.15, -0.1) is 0 Å². The fourth-order valence-electron chi connectivity index (χ4n) is 2.29. The Morgan fingerprint density at radius 1 is 0.905 bits per heavy atom. The first kappa shape index (κ1) is 15.7. The Hall–Kier alpha value is -1.64. The van der Waals surface area contributed by atoms with Gasteiger partial charge in [0.05, 0.1) is 6.61 Å². The van der Waals surface area contributed by atoms with E-state index in [2.05, 4.69) is 74.4 Å². The van der Waals surface area contributed by atoms with Gasteiger partial charge < -0.3 is 9.64 Å². The minimum Gasteiger partial charge on any atom is -0.367 e. The minimum absolute atomic E-state index is 0.0112. The van der Waals surface area contributed by atoms with Crippen molar-refractivity contribution >= 4 is 0 Å². The first-order valence-corrected chi connectivity index (χ1v) is 7.61. The number of likely N-dealkylation sites (N-methyl/N-ethyl adjacent to an activating group) is 1. The normalized spacial score (nSPS) is 12.6. The summed E-state index contributed by atoms with van der Waals surface area (Å²) in [5.41, 5.74) is 3.79. The molecule has 0 radical (unpaired) electrons. The summed E-state index contributed by atoms with van der Waals surface area (Å²) >= 11 is 0. The molecule has 0 heterocycles. The van der Waals surface area contributed by atoms with Gasteiger partial charge in [-0.05, 0) is 37.2 Å². The largest absolute Gasteiger partial charge is 0.367 e. The molecule has 2 heteroatoms. The van der Waals surface area contributed by atoms with Crippen LogP contribution in [0.4, 0.5) is 0 Å². The summed E-state index contributed by atoms with van der Waals surface area (Å²) in [6.45, 7) is 3.83. The summed E-state index contributed by atoms with van der Waals surface area (Å²) in [6, 6.07) is 19.2. The highest BCUT2D eigenvalue weighted by Crippen LogP contribution is 2.26. The lowest BCUT2D eigenvalue weighted by molar-refractivity contribution is 0.0687. The Labute approximate surface area is 128 Å². The Morgan fingerprint density at radius 2 is 1.52 bits per heavy atom. The van der Waals surface area contributed by atoms with Crippen LogP contribution in [0.15, 0.2) is 54.6 Å². The molecule has 0 amide bonds. The van der Waals surface area contributed by atoms with Crippen LogP contribution in [0.3, 0.4) is 0 Å². The third kappa shape index (κ3) is 4.69. The molecule has 0 N–H and O–H groups in total. The fraction of sp³-hybridized carbons (Fsp3) is 0.368. The van der Waals surface area contributed by atoms with Crippen molar-refractivity contribution in [1.29, 1.82) is 0 Å². The van der Waals surface area contributed by atoms with Crippen molar-refractivity contribution in [3.8, 4) is 0 Å². The van der Waals surface area contributed by atoms with E-state index >= 15 is 0 Å². The summed E-state index contributed by atoms with van der Waals surface area (Å²) in [4.78, 5) is 2.14. The second-order valence-electron chi connectivity index (χ2n) is 5.56. The zero-order chi connectivity index (χ0) is 15.1. The molecule has 21 heavy (non-hydrogen) atoms. The van der Waals surface area contributed by atoms with Gasteiger partial charge in [0.2, 0.25) is 0 Å². The number of nitrogens with zero attached hydrogens (tertiary/aromatic N) is 1. The van der Waals surface area contributed by atoms with Gasteiger partial charge in [0, 0.05) is 6.54 Å². The number of aryl methyl sites for hydroxylation is 1. The number of hydrogen-bond donors (Lipinski definition) is 0. The van der Waals surface area contributed by atoms with Crippen LogP contribution in [0.1, 0.15) is 29.7 Å². The molecule has 112 valence electrons. The monoisotopic (exact) mass is 283 g/mol. The van der Waals surface area contributed by atoms with Crippen molar-refractivity contribution in [3.05, 3.63) is 71.3 Å². The molecule has 0 saturated carbocycles. The Morgan fingerprint density at radius 3 is 2.10 bits per heavy atom. The highest BCUT2D eigenvalue weighted by molar-refractivity contribution is 5.32. The molecule has 1 atom stereocenters. The lowest BCUT2D eigenvalue weighted by Crippen LogP contribution is -2.20. The van der Waals surface area contributed by atoms with E-state index in [1.165, 1.54) is 16.7 Å². The van der Waals surface area contributed by atoms with Gasteiger partial charge in [0.25, 0.3) is 0 Å². The van der Waals surface area contributed by atoms with Gasteiger partial charge in [-0.1, -0.05) is 61.5 Å². The zero-order valence-corrected chi connectivity index (χ0v) is 13.3. The van der Waals surface area contributed by atoms with Crippen molar-refractivity contribution in [2.75, 3.05) is 27.2 Å². The molecule has 0 aliphatic rings. The topological polar surface area (TPSA) is 12.5 Å². The van der Waals surface area contributed by atoms with E-state index in [4.69, 9.17) is 4.74 Å². The molecule has 0 aliphatic heterocycles. The molecule has 0 aromatic heterocycles. The molecule has 0 aliphatic carbocycles. The fourth-order valence-corrected chi connectivity index (χ4v) is 2.29. The van der Waals surface area contributed by atoms with Gasteiger partial charge in [-0.3, -0.25) is 0 Å². The maximum absolute atomic E-state index is 6.16. The summed E-state index contributed by atoms with van der Waals surface area (Å²) in [7, 11) is 4.13. The van der Waals surface area contributed by atoms with Gasteiger partial charge in [-0.25, -0.2) is 0 Å². The Balaban J connectivity index is 2.18. The summed E-state index contributed by atoms with van der Waals surface area (Å²) < 4.78 is 6.16. The average Bonchev–Trinajstić information content (AvgIpc) is 2.52. The van der Waals surface area contributed by atoms with Crippen LogP contribution in [-0.2, 0) is 11.2 Å². The van der Waals surface area contributed by atoms with E-state index < -0.39 is 0 Å². The highest BCUT2D eigenvalue weighted by atomic mass is 16.5. The Kier molecular flexibility index (Phi) is 5.97.